The Bertz CT molecular complexity index is 464. The Hall–Kier alpha value is -0.870. The van der Waals surface area contributed by atoms with E-state index in [1.54, 1.807) is 19.1 Å². The van der Waals surface area contributed by atoms with Crippen LogP contribution in [-0.4, -0.2) is 20.7 Å². The first-order valence-corrected chi connectivity index (χ1v) is 7.02. The summed E-state index contributed by atoms with van der Waals surface area (Å²) in [6.07, 6.45) is 0. The van der Waals surface area contributed by atoms with Gasteiger partial charge in [0.05, 0.1) is 10.6 Å². The van der Waals surface area contributed by atoms with Crippen molar-refractivity contribution in [2.45, 2.75) is 31.1 Å². The number of benzene rings is 1. The maximum Gasteiger partial charge on any atom is 0.178 e. The average Bonchev–Trinajstić information content (AvgIpc) is 2.29. The molecule has 0 aliphatic rings. The quantitative estimate of drug-likeness (QED) is 0.873. The van der Waals surface area contributed by atoms with E-state index in [1.165, 1.54) is 0 Å². The lowest BCUT2D eigenvalue weighted by Crippen LogP contribution is -2.30. The first kappa shape index (κ1) is 13.2. The zero-order valence-corrected chi connectivity index (χ0v) is 10.8. The van der Waals surface area contributed by atoms with Crippen molar-refractivity contribution in [1.82, 2.24) is 0 Å². The van der Waals surface area contributed by atoms with Crippen LogP contribution >= 0.6 is 0 Å². The highest BCUT2D eigenvalue weighted by atomic mass is 32.2. The molecule has 0 radical (unpaired) electrons. The summed E-state index contributed by atoms with van der Waals surface area (Å²) in [6, 6.07) is 7.10. The van der Waals surface area contributed by atoms with Crippen LogP contribution in [0.3, 0.4) is 0 Å². The topological polar surface area (TPSA) is 60.2 Å². The molecule has 0 aliphatic carbocycles. The van der Waals surface area contributed by atoms with E-state index in [-0.39, 0.29) is 11.2 Å². The van der Waals surface area contributed by atoms with E-state index < -0.39 is 9.84 Å². The highest BCUT2D eigenvalue weighted by Gasteiger charge is 2.26. The van der Waals surface area contributed by atoms with Crippen molar-refractivity contribution in [2.24, 2.45) is 5.73 Å². The summed E-state index contributed by atoms with van der Waals surface area (Å²) in [7, 11) is -3.18. The van der Waals surface area contributed by atoms with Crippen molar-refractivity contribution in [2.75, 3.05) is 12.3 Å². The molecule has 0 fully saturated rings. The molecule has 0 atom stereocenters. The molecular formula is C12H19NO2S. The summed E-state index contributed by atoms with van der Waals surface area (Å²) < 4.78 is 23.9. The minimum atomic E-state index is -3.18. The molecular weight excluding hydrogens is 222 g/mol. The van der Waals surface area contributed by atoms with Crippen molar-refractivity contribution in [1.29, 1.82) is 0 Å². The van der Waals surface area contributed by atoms with Gasteiger partial charge in [0.25, 0.3) is 0 Å². The van der Waals surface area contributed by atoms with Crippen molar-refractivity contribution < 1.29 is 8.42 Å². The van der Waals surface area contributed by atoms with E-state index in [2.05, 4.69) is 0 Å². The van der Waals surface area contributed by atoms with Gasteiger partial charge in [-0.3, -0.25) is 0 Å². The Morgan fingerprint density at radius 2 is 1.81 bits per heavy atom. The third kappa shape index (κ3) is 2.44. The highest BCUT2D eigenvalue weighted by Crippen LogP contribution is 2.28. The van der Waals surface area contributed by atoms with E-state index in [9.17, 15) is 8.42 Å². The Morgan fingerprint density at radius 3 is 2.31 bits per heavy atom. The first-order chi connectivity index (χ1) is 7.35. The minimum absolute atomic E-state index is 0.116. The van der Waals surface area contributed by atoms with Crippen molar-refractivity contribution in [3.05, 3.63) is 29.8 Å². The first-order valence-electron chi connectivity index (χ1n) is 5.37. The van der Waals surface area contributed by atoms with Crippen molar-refractivity contribution in [3.63, 3.8) is 0 Å². The van der Waals surface area contributed by atoms with Gasteiger partial charge < -0.3 is 5.73 Å². The van der Waals surface area contributed by atoms with Crippen LogP contribution in [0.1, 0.15) is 26.3 Å². The lowest BCUT2D eigenvalue weighted by molar-refractivity contribution is 0.523. The fraction of sp³-hybridized carbons (Fsp3) is 0.500. The summed E-state index contributed by atoms with van der Waals surface area (Å²) in [6.45, 7) is 5.98. The maximum absolute atomic E-state index is 11.9. The molecule has 3 nitrogen and oxygen atoms in total. The van der Waals surface area contributed by atoms with Gasteiger partial charge in [-0.05, 0) is 11.6 Å². The lowest BCUT2D eigenvalue weighted by atomic mass is 9.85. The zero-order chi connectivity index (χ0) is 12.4. The number of sulfone groups is 1. The van der Waals surface area contributed by atoms with E-state index in [0.717, 1.165) is 5.56 Å². The van der Waals surface area contributed by atoms with Crippen LogP contribution in [0.2, 0.25) is 0 Å². The second-order valence-electron chi connectivity index (χ2n) is 4.49. The molecule has 0 saturated heterocycles. The molecule has 0 amide bonds. The smallest absolute Gasteiger partial charge is 0.178 e. The molecule has 16 heavy (non-hydrogen) atoms. The van der Waals surface area contributed by atoms with Crippen molar-refractivity contribution in [3.8, 4) is 0 Å². The van der Waals surface area contributed by atoms with E-state index >= 15 is 0 Å². The van der Waals surface area contributed by atoms with Gasteiger partial charge in [-0.15, -0.1) is 0 Å². The molecule has 0 saturated carbocycles. The molecule has 1 aromatic rings. The Morgan fingerprint density at radius 1 is 1.25 bits per heavy atom. The monoisotopic (exact) mass is 241 g/mol. The van der Waals surface area contributed by atoms with E-state index in [1.807, 2.05) is 26.0 Å². The van der Waals surface area contributed by atoms with Gasteiger partial charge in [0.2, 0.25) is 0 Å². The Labute approximate surface area is 97.6 Å². The summed E-state index contributed by atoms with van der Waals surface area (Å²) in [5.41, 5.74) is 6.18. The van der Waals surface area contributed by atoms with Gasteiger partial charge in [0.1, 0.15) is 0 Å². The summed E-state index contributed by atoms with van der Waals surface area (Å²) in [5.74, 6) is 0.116. The Kier molecular flexibility index (Phi) is 3.76. The summed E-state index contributed by atoms with van der Waals surface area (Å²) >= 11 is 0. The van der Waals surface area contributed by atoms with Crippen LogP contribution in [-0.2, 0) is 15.3 Å². The molecule has 1 aromatic carbocycles. The molecule has 1 rings (SSSR count). The van der Waals surface area contributed by atoms with Gasteiger partial charge in [-0.1, -0.05) is 39.0 Å². The molecule has 0 aromatic heterocycles. The third-order valence-corrected chi connectivity index (χ3v) is 4.63. The van der Waals surface area contributed by atoms with Gasteiger partial charge in [-0.2, -0.15) is 0 Å². The van der Waals surface area contributed by atoms with E-state index in [0.29, 0.717) is 11.4 Å². The fourth-order valence-corrected chi connectivity index (χ4v) is 2.84. The lowest BCUT2D eigenvalue weighted by Gasteiger charge is -2.25. The molecule has 90 valence electrons. The molecule has 0 aliphatic heterocycles. The van der Waals surface area contributed by atoms with Gasteiger partial charge in [0, 0.05) is 12.0 Å². The number of hydrogen-bond acceptors (Lipinski definition) is 3. The summed E-state index contributed by atoms with van der Waals surface area (Å²) in [4.78, 5) is 0.410. The minimum Gasteiger partial charge on any atom is -0.330 e. The number of hydrogen-bond donors (Lipinski definition) is 1. The van der Waals surface area contributed by atoms with Crippen LogP contribution in [0.15, 0.2) is 29.2 Å². The van der Waals surface area contributed by atoms with Crippen LogP contribution in [0.25, 0.3) is 0 Å². The predicted molar refractivity (Wildman–Crippen MR) is 66.2 cm³/mol. The largest absolute Gasteiger partial charge is 0.330 e. The maximum atomic E-state index is 11.9. The molecule has 4 heteroatoms. The van der Waals surface area contributed by atoms with Crippen LogP contribution in [0.4, 0.5) is 0 Å². The Balaban J connectivity index is 3.44. The van der Waals surface area contributed by atoms with Gasteiger partial charge in [0.15, 0.2) is 9.84 Å². The number of nitrogens with two attached hydrogens (primary N) is 1. The second kappa shape index (κ2) is 4.55. The average molecular weight is 241 g/mol. The number of rotatable bonds is 4. The van der Waals surface area contributed by atoms with Crippen molar-refractivity contribution >= 4 is 9.84 Å². The molecule has 0 bridgehead atoms. The van der Waals surface area contributed by atoms with Crippen LogP contribution < -0.4 is 5.73 Å². The van der Waals surface area contributed by atoms with E-state index in [4.69, 9.17) is 5.73 Å². The zero-order valence-electron chi connectivity index (χ0n) is 10.0. The molecule has 2 N–H and O–H groups in total. The standard InChI is InChI=1S/C12H19NO2S/c1-4-16(14,15)11-8-6-5-7-10(11)12(2,3)9-13/h5-8H,4,9,13H2,1-3H3. The predicted octanol–water partition coefficient (Wildman–Crippen LogP) is 1.72. The SMILES string of the molecule is CCS(=O)(=O)c1ccccc1C(C)(C)CN. The summed E-state index contributed by atoms with van der Waals surface area (Å²) in [5, 5.41) is 0. The third-order valence-electron chi connectivity index (χ3n) is 2.84. The normalized spacial score (nSPS) is 12.8. The molecule has 0 spiro atoms. The molecule has 0 heterocycles. The van der Waals surface area contributed by atoms with Crippen LogP contribution in [0, 0.1) is 0 Å². The van der Waals surface area contributed by atoms with Gasteiger partial charge in [-0.25, -0.2) is 8.42 Å². The fourth-order valence-electron chi connectivity index (χ4n) is 1.56. The highest BCUT2D eigenvalue weighted by molar-refractivity contribution is 7.91. The molecule has 0 unspecified atom stereocenters. The van der Waals surface area contributed by atoms with Gasteiger partial charge >= 0.3 is 0 Å². The second-order valence-corrected chi connectivity index (χ2v) is 6.73. The van der Waals surface area contributed by atoms with Crippen LogP contribution in [0.5, 0.6) is 0 Å².